The highest BCUT2D eigenvalue weighted by atomic mass is 35.5. The van der Waals surface area contributed by atoms with Gasteiger partial charge in [0.25, 0.3) is 0 Å². The Morgan fingerprint density at radius 3 is 2.56 bits per heavy atom. The van der Waals surface area contributed by atoms with Gasteiger partial charge in [0.1, 0.15) is 0 Å². The van der Waals surface area contributed by atoms with E-state index in [2.05, 4.69) is 15.3 Å². The number of hydrogen-bond donors (Lipinski definition) is 2. The normalized spacial score (nSPS) is 18.6. The number of hydrogen-bond acceptors (Lipinski definition) is 4. The third-order valence-electron chi connectivity index (χ3n) is 3.16. The predicted octanol–water partition coefficient (Wildman–Crippen LogP) is 2.06. The van der Waals surface area contributed by atoms with Gasteiger partial charge >= 0.3 is 0 Å². The first kappa shape index (κ1) is 11.6. The zero-order valence-corrected chi connectivity index (χ0v) is 9.95. The minimum absolute atomic E-state index is 0.281. The standard InChI is InChI=1S/C11H17ClN4/c12-9-6-14-11(15-7-9)16-10(5-13)8-3-1-2-4-8/h6-8,10H,1-5,13H2,(H,14,15,16). The molecule has 2 rings (SSSR count). The number of aromatic nitrogens is 2. The Morgan fingerprint density at radius 1 is 1.38 bits per heavy atom. The fourth-order valence-electron chi connectivity index (χ4n) is 2.28. The summed E-state index contributed by atoms with van der Waals surface area (Å²) in [6, 6.07) is 0.281. The fourth-order valence-corrected chi connectivity index (χ4v) is 2.38. The molecule has 88 valence electrons. The van der Waals surface area contributed by atoms with Crippen molar-refractivity contribution < 1.29 is 0 Å². The molecule has 0 spiro atoms. The molecule has 1 fully saturated rings. The lowest BCUT2D eigenvalue weighted by molar-refractivity contribution is 0.460. The van der Waals surface area contributed by atoms with Crippen molar-refractivity contribution in [1.29, 1.82) is 0 Å². The summed E-state index contributed by atoms with van der Waals surface area (Å²) in [7, 11) is 0. The molecule has 16 heavy (non-hydrogen) atoms. The Labute approximate surface area is 101 Å². The van der Waals surface area contributed by atoms with E-state index in [1.807, 2.05) is 0 Å². The van der Waals surface area contributed by atoms with Crippen LogP contribution in [0.3, 0.4) is 0 Å². The molecule has 1 unspecified atom stereocenters. The monoisotopic (exact) mass is 240 g/mol. The average molecular weight is 241 g/mol. The van der Waals surface area contributed by atoms with E-state index >= 15 is 0 Å². The van der Waals surface area contributed by atoms with E-state index < -0.39 is 0 Å². The van der Waals surface area contributed by atoms with Crippen LogP contribution in [0.1, 0.15) is 25.7 Å². The van der Waals surface area contributed by atoms with E-state index in [9.17, 15) is 0 Å². The molecule has 0 bridgehead atoms. The average Bonchev–Trinajstić information content (AvgIpc) is 2.82. The van der Waals surface area contributed by atoms with E-state index in [0.717, 1.165) is 0 Å². The SMILES string of the molecule is NCC(Nc1ncc(Cl)cn1)C1CCCC1. The molecule has 1 aliphatic rings. The van der Waals surface area contributed by atoms with Crippen LogP contribution in [0.2, 0.25) is 5.02 Å². The van der Waals surface area contributed by atoms with Gasteiger partial charge in [0.15, 0.2) is 0 Å². The minimum Gasteiger partial charge on any atom is -0.350 e. The van der Waals surface area contributed by atoms with Gasteiger partial charge in [-0.3, -0.25) is 0 Å². The van der Waals surface area contributed by atoms with Crippen LogP contribution < -0.4 is 11.1 Å². The topological polar surface area (TPSA) is 63.8 Å². The molecule has 1 aliphatic carbocycles. The van der Waals surface area contributed by atoms with E-state index in [0.29, 0.717) is 23.4 Å². The molecule has 1 aromatic rings. The van der Waals surface area contributed by atoms with Gasteiger partial charge in [-0.2, -0.15) is 0 Å². The zero-order chi connectivity index (χ0) is 11.4. The molecule has 5 heteroatoms. The van der Waals surface area contributed by atoms with Crippen LogP contribution in [0.15, 0.2) is 12.4 Å². The maximum absolute atomic E-state index is 5.79. The second-order valence-corrected chi connectivity index (χ2v) is 4.69. The number of rotatable bonds is 4. The van der Waals surface area contributed by atoms with Crippen molar-refractivity contribution in [3.63, 3.8) is 0 Å². The van der Waals surface area contributed by atoms with E-state index in [-0.39, 0.29) is 6.04 Å². The lowest BCUT2D eigenvalue weighted by Gasteiger charge is -2.22. The Morgan fingerprint density at radius 2 is 2.00 bits per heavy atom. The maximum Gasteiger partial charge on any atom is 0.222 e. The highest BCUT2D eigenvalue weighted by Gasteiger charge is 2.24. The van der Waals surface area contributed by atoms with Crippen LogP contribution in [0.25, 0.3) is 0 Å². The van der Waals surface area contributed by atoms with Gasteiger partial charge in [-0.05, 0) is 18.8 Å². The van der Waals surface area contributed by atoms with Crippen molar-refractivity contribution in [2.24, 2.45) is 11.7 Å². The first-order chi connectivity index (χ1) is 7.79. The molecule has 0 saturated heterocycles. The molecule has 0 aromatic carbocycles. The second kappa shape index (κ2) is 5.46. The summed E-state index contributed by atoms with van der Waals surface area (Å²) in [5.41, 5.74) is 5.79. The van der Waals surface area contributed by atoms with E-state index in [1.54, 1.807) is 12.4 Å². The van der Waals surface area contributed by atoms with Crippen LogP contribution >= 0.6 is 11.6 Å². The fraction of sp³-hybridized carbons (Fsp3) is 0.636. The Kier molecular flexibility index (Phi) is 3.96. The van der Waals surface area contributed by atoms with Crippen molar-refractivity contribution in [2.75, 3.05) is 11.9 Å². The van der Waals surface area contributed by atoms with Crippen LogP contribution in [0.4, 0.5) is 5.95 Å². The summed E-state index contributed by atoms with van der Waals surface area (Å²) in [6.07, 6.45) is 8.32. The quantitative estimate of drug-likeness (QED) is 0.846. The third kappa shape index (κ3) is 2.83. The van der Waals surface area contributed by atoms with Crippen molar-refractivity contribution in [1.82, 2.24) is 9.97 Å². The summed E-state index contributed by atoms with van der Waals surface area (Å²) < 4.78 is 0. The van der Waals surface area contributed by atoms with Crippen molar-refractivity contribution in [3.8, 4) is 0 Å². The highest BCUT2D eigenvalue weighted by molar-refractivity contribution is 6.30. The van der Waals surface area contributed by atoms with Crippen molar-refractivity contribution in [3.05, 3.63) is 17.4 Å². The molecule has 1 saturated carbocycles. The first-order valence-electron chi connectivity index (χ1n) is 5.73. The molecule has 3 N–H and O–H groups in total. The molecule has 0 radical (unpaired) electrons. The maximum atomic E-state index is 5.79. The summed E-state index contributed by atoms with van der Waals surface area (Å²) >= 11 is 5.73. The molecule has 1 heterocycles. The Hall–Kier alpha value is -0.870. The van der Waals surface area contributed by atoms with Gasteiger partial charge in [-0.1, -0.05) is 24.4 Å². The Bertz CT molecular complexity index is 321. The number of nitrogens with two attached hydrogens (primary N) is 1. The largest absolute Gasteiger partial charge is 0.350 e. The lowest BCUT2D eigenvalue weighted by Crippen LogP contribution is -2.35. The molecule has 0 amide bonds. The molecular formula is C11H17ClN4. The minimum atomic E-state index is 0.281. The molecule has 0 aliphatic heterocycles. The highest BCUT2D eigenvalue weighted by Crippen LogP contribution is 2.28. The molecule has 1 atom stereocenters. The third-order valence-corrected chi connectivity index (χ3v) is 3.35. The van der Waals surface area contributed by atoms with E-state index in [1.165, 1.54) is 25.7 Å². The van der Waals surface area contributed by atoms with Gasteiger partial charge in [0.05, 0.1) is 17.4 Å². The van der Waals surface area contributed by atoms with Crippen molar-refractivity contribution >= 4 is 17.5 Å². The van der Waals surface area contributed by atoms with E-state index in [4.69, 9.17) is 17.3 Å². The lowest BCUT2D eigenvalue weighted by atomic mass is 9.98. The molecule has 4 nitrogen and oxygen atoms in total. The molecular weight excluding hydrogens is 224 g/mol. The second-order valence-electron chi connectivity index (χ2n) is 4.26. The van der Waals surface area contributed by atoms with Crippen molar-refractivity contribution in [2.45, 2.75) is 31.7 Å². The van der Waals surface area contributed by atoms with Crippen LogP contribution in [-0.4, -0.2) is 22.6 Å². The smallest absolute Gasteiger partial charge is 0.222 e. The number of anilines is 1. The van der Waals surface area contributed by atoms with Gasteiger partial charge in [-0.25, -0.2) is 9.97 Å². The van der Waals surface area contributed by atoms with Crippen LogP contribution in [0.5, 0.6) is 0 Å². The van der Waals surface area contributed by atoms with Crippen LogP contribution in [0, 0.1) is 5.92 Å². The summed E-state index contributed by atoms with van der Waals surface area (Å²) in [5, 5.41) is 3.84. The number of nitrogens with one attached hydrogen (secondary N) is 1. The van der Waals surface area contributed by atoms with Crippen LogP contribution in [-0.2, 0) is 0 Å². The summed E-state index contributed by atoms with van der Waals surface area (Å²) in [6.45, 7) is 0.622. The first-order valence-corrected chi connectivity index (χ1v) is 6.11. The van der Waals surface area contributed by atoms with Gasteiger partial charge < -0.3 is 11.1 Å². The predicted molar refractivity (Wildman–Crippen MR) is 65.5 cm³/mol. The molecule has 1 aromatic heterocycles. The Balaban J connectivity index is 1.97. The number of halogens is 1. The van der Waals surface area contributed by atoms with Gasteiger partial charge in [0, 0.05) is 12.6 Å². The summed E-state index contributed by atoms with van der Waals surface area (Å²) in [5.74, 6) is 1.27. The van der Waals surface area contributed by atoms with Gasteiger partial charge in [-0.15, -0.1) is 0 Å². The summed E-state index contributed by atoms with van der Waals surface area (Å²) in [4.78, 5) is 8.26. The zero-order valence-electron chi connectivity index (χ0n) is 9.19. The number of nitrogens with zero attached hydrogens (tertiary/aromatic N) is 2. The van der Waals surface area contributed by atoms with Gasteiger partial charge in [0.2, 0.25) is 5.95 Å².